The predicted molar refractivity (Wildman–Crippen MR) is 120 cm³/mol. The Morgan fingerprint density at radius 2 is 2.06 bits per heavy atom. The van der Waals surface area contributed by atoms with Gasteiger partial charge in [-0.3, -0.25) is 19.5 Å². The molecule has 0 unspecified atom stereocenters. The van der Waals surface area contributed by atoms with E-state index in [-0.39, 0.29) is 42.8 Å². The van der Waals surface area contributed by atoms with E-state index >= 15 is 0 Å². The zero-order chi connectivity index (χ0) is 23.1. The quantitative estimate of drug-likeness (QED) is 0.634. The molecule has 0 spiro atoms. The lowest BCUT2D eigenvalue weighted by molar-refractivity contribution is -0.123. The lowest BCUT2D eigenvalue weighted by Gasteiger charge is -2.26. The lowest BCUT2D eigenvalue weighted by Crippen LogP contribution is -2.48. The van der Waals surface area contributed by atoms with Crippen molar-refractivity contribution < 1.29 is 19.1 Å². The molecule has 172 valence electrons. The summed E-state index contributed by atoms with van der Waals surface area (Å²) >= 11 is 6.09. The van der Waals surface area contributed by atoms with E-state index in [4.69, 9.17) is 16.3 Å². The fraction of sp³-hybridized carbons (Fsp3) is 0.455. The summed E-state index contributed by atoms with van der Waals surface area (Å²) in [6.07, 6.45) is 2.73. The first-order valence-corrected chi connectivity index (χ1v) is 11.0. The van der Waals surface area contributed by atoms with E-state index in [0.717, 1.165) is 0 Å². The number of nitrogens with zero attached hydrogens (tertiary/aromatic N) is 2. The molecule has 0 fully saturated rings. The number of benzene rings is 1. The molecule has 9 nitrogen and oxygen atoms in total. The molecule has 0 saturated heterocycles. The second kappa shape index (κ2) is 11.0. The van der Waals surface area contributed by atoms with Crippen LogP contribution in [0.3, 0.4) is 0 Å². The van der Waals surface area contributed by atoms with Gasteiger partial charge in [-0.2, -0.15) is 5.10 Å². The Bertz CT molecular complexity index is 948. The first-order chi connectivity index (χ1) is 15.3. The SMILES string of the molecule is CC(C)[C@@H]1COc2ccc(Cl)cc2C(=O)NCCCCN(C(=O)c2ccn[nH]2)CC(=O)N1. The number of halogens is 1. The van der Waals surface area contributed by atoms with Crippen LogP contribution in [0.15, 0.2) is 30.5 Å². The molecule has 32 heavy (non-hydrogen) atoms. The molecule has 1 atom stereocenters. The predicted octanol–water partition coefficient (Wildman–Crippen LogP) is 2.25. The van der Waals surface area contributed by atoms with E-state index in [2.05, 4.69) is 20.8 Å². The molecule has 1 aliphatic rings. The molecule has 3 N–H and O–H groups in total. The third-order valence-electron chi connectivity index (χ3n) is 5.25. The molecule has 10 heteroatoms. The van der Waals surface area contributed by atoms with E-state index in [9.17, 15) is 14.4 Å². The largest absolute Gasteiger partial charge is 0.491 e. The van der Waals surface area contributed by atoms with Crippen LogP contribution in [0.5, 0.6) is 5.75 Å². The molecule has 0 radical (unpaired) electrons. The van der Waals surface area contributed by atoms with Gasteiger partial charge in [-0.1, -0.05) is 25.4 Å². The molecule has 3 amide bonds. The van der Waals surface area contributed by atoms with Gasteiger partial charge in [-0.15, -0.1) is 0 Å². The Kier molecular flexibility index (Phi) is 8.10. The van der Waals surface area contributed by atoms with Crippen LogP contribution >= 0.6 is 11.6 Å². The number of carbonyl (C=O) groups excluding carboxylic acids is 3. The maximum Gasteiger partial charge on any atom is 0.272 e. The third kappa shape index (κ3) is 6.23. The standard InChI is InChI=1S/C22H28ClN5O4/c1-14(2)18-13-32-19-6-5-15(23)11-16(19)21(30)24-8-3-4-10-28(12-20(29)26-18)22(31)17-7-9-25-27-17/h5-7,9,11,14,18H,3-4,8,10,12-13H2,1-2H3,(H,24,30)(H,25,27)(H,26,29)/t18-/m0/s1. The van der Waals surface area contributed by atoms with Crippen LogP contribution in [0.2, 0.25) is 5.02 Å². The van der Waals surface area contributed by atoms with Crippen molar-refractivity contribution in [3.8, 4) is 5.75 Å². The number of hydrogen-bond acceptors (Lipinski definition) is 5. The molecule has 0 bridgehead atoms. The molecule has 0 saturated carbocycles. The Hall–Kier alpha value is -3.07. The van der Waals surface area contributed by atoms with Gasteiger partial charge in [0.1, 0.15) is 18.1 Å². The minimum atomic E-state index is -0.316. The van der Waals surface area contributed by atoms with Crippen molar-refractivity contribution in [3.05, 3.63) is 46.7 Å². The number of hydrogen-bond donors (Lipinski definition) is 3. The number of rotatable bonds is 2. The van der Waals surface area contributed by atoms with Crippen molar-refractivity contribution in [2.75, 3.05) is 26.2 Å². The first kappa shape index (κ1) is 23.6. The molecule has 1 aromatic heterocycles. The van der Waals surface area contributed by atoms with Gasteiger partial charge in [-0.05, 0) is 43.0 Å². The van der Waals surface area contributed by atoms with E-state index in [1.807, 2.05) is 13.8 Å². The fourth-order valence-electron chi connectivity index (χ4n) is 3.33. The van der Waals surface area contributed by atoms with Crippen molar-refractivity contribution in [1.82, 2.24) is 25.7 Å². The highest BCUT2D eigenvalue weighted by Gasteiger charge is 2.24. The zero-order valence-corrected chi connectivity index (χ0v) is 18.9. The highest BCUT2D eigenvalue weighted by molar-refractivity contribution is 6.31. The molecule has 2 aromatic rings. The molecule has 1 aliphatic heterocycles. The highest BCUT2D eigenvalue weighted by atomic mass is 35.5. The van der Waals surface area contributed by atoms with E-state index in [0.29, 0.717) is 48.0 Å². The molecule has 2 heterocycles. The Morgan fingerprint density at radius 1 is 1.25 bits per heavy atom. The zero-order valence-electron chi connectivity index (χ0n) is 18.2. The Morgan fingerprint density at radius 3 is 2.78 bits per heavy atom. The van der Waals surface area contributed by atoms with Gasteiger partial charge in [0.2, 0.25) is 5.91 Å². The summed E-state index contributed by atoms with van der Waals surface area (Å²) in [6, 6.07) is 6.13. The number of fused-ring (bicyclic) bond motifs is 1. The highest BCUT2D eigenvalue weighted by Crippen LogP contribution is 2.23. The fourth-order valence-corrected chi connectivity index (χ4v) is 3.51. The smallest absolute Gasteiger partial charge is 0.272 e. The molecule has 1 aromatic carbocycles. The van der Waals surface area contributed by atoms with E-state index < -0.39 is 0 Å². The van der Waals surface area contributed by atoms with Crippen molar-refractivity contribution in [1.29, 1.82) is 0 Å². The maximum absolute atomic E-state index is 12.8. The summed E-state index contributed by atoms with van der Waals surface area (Å²) in [6.45, 7) is 4.79. The number of ether oxygens (including phenoxy) is 1. The van der Waals surface area contributed by atoms with Crippen molar-refractivity contribution in [2.45, 2.75) is 32.7 Å². The van der Waals surface area contributed by atoms with Gasteiger partial charge < -0.3 is 20.3 Å². The summed E-state index contributed by atoms with van der Waals surface area (Å²) < 4.78 is 5.92. The van der Waals surface area contributed by atoms with Gasteiger partial charge in [0, 0.05) is 24.3 Å². The van der Waals surface area contributed by atoms with Crippen molar-refractivity contribution >= 4 is 29.3 Å². The average Bonchev–Trinajstić information content (AvgIpc) is 3.29. The Balaban J connectivity index is 1.81. The third-order valence-corrected chi connectivity index (χ3v) is 5.48. The van der Waals surface area contributed by atoms with E-state index in [1.165, 1.54) is 11.1 Å². The molecular formula is C22H28ClN5O4. The number of H-pyrrole nitrogens is 1. The number of nitrogens with one attached hydrogen (secondary N) is 3. The second-order valence-corrected chi connectivity index (χ2v) is 8.47. The minimum absolute atomic E-state index is 0.0657. The van der Waals surface area contributed by atoms with Gasteiger partial charge in [0.25, 0.3) is 11.8 Å². The normalized spacial score (nSPS) is 18.6. The topological polar surface area (TPSA) is 116 Å². The number of amides is 3. The van der Waals surface area contributed by atoms with Gasteiger partial charge in [0.15, 0.2) is 0 Å². The number of aromatic nitrogens is 2. The summed E-state index contributed by atoms with van der Waals surface area (Å²) in [5, 5.41) is 12.7. The van der Waals surface area contributed by atoms with E-state index in [1.54, 1.807) is 24.3 Å². The summed E-state index contributed by atoms with van der Waals surface area (Å²) in [7, 11) is 0. The van der Waals surface area contributed by atoms with Crippen LogP contribution in [0, 0.1) is 5.92 Å². The second-order valence-electron chi connectivity index (χ2n) is 8.03. The summed E-state index contributed by atoms with van der Waals surface area (Å²) in [5.41, 5.74) is 0.664. The van der Waals surface area contributed by atoms with Crippen LogP contribution in [0.25, 0.3) is 0 Å². The Labute approximate surface area is 191 Å². The average molecular weight is 462 g/mol. The molecular weight excluding hydrogens is 434 g/mol. The monoisotopic (exact) mass is 461 g/mol. The first-order valence-electron chi connectivity index (χ1n) is 10.6. The lowest BCUT2D eigenvalue weighted by atomic mass is 10.1. The number of carbonyl (C=O) groups is 3. The molecule has 3 rings (SSSR count). The number of aromatic amines is 1. The van der Waals surface area contributed by atoms with Crippen LogP contribution in [-0.4, -0.2) is 65.1 Å². The van der Waals surface area contributed by atoms with Crippen molar-refractivity contribution in [2.24, 2.45) is 5.92 Å². The summed E-state index contributed by atoms with van der Waals surface area (Å²) in [5.74, 6) is -0.396. The van der Waals surface area contributed by atoms with Gasteiger partial charge >= 0.3 is 0 Å². The van der Waals surface area contributed by atoms with Gasteiger partial charge in [-0.25, -0.2) is 0 Å². The van der Waals surface area contributed by atoms with Crippen LogP contribution in [0.4, 0.5) is 0 Å². The van der Waals surface area contributed by atoms with Crippen LogP contribution < -0.4 is 15.4 Å². The minimum Gasteiger partial charge on any atom is -0.491 e. The summed E-state index contributed by atoms with van der Waals surface area (Å²) in [4.78, 5) is 39.8. The maximum atomic E-state index is 12.8. The van der Waals surface area contributed by atoms with Crippen LogP contribution in [0.1, 0.15) is 47.5 Å². The van der Waals surface area contributed by atoms with Crippen molar-refractivity contribution in [3.63, 3.8) is 0 Å². The molecule has 0 aliphatic carbocycles. The van der Waals surface area contributed by atoms with Gasteiger partial charge in [0.05, 0.1) is 18.2 Å². The van der Waals surface area contributed by atoms with Crippen LogP contribution in [-0.2, 0) is 4.79 Å².